The zero-order valence-electron chi connectivity index (χ0n) is 10.7. The molecule has 1 aliphatic heterocycles. The van der Waals surface area contributed by atoms with Gasteiger partial charge in [-0.3, -0.25) is 0 Å². The molecule has 1 aliphatic rings. The first kappa shape index (κ1) is 13.7. The van der Waals surface area contributed by atoms with Crippen molar-refractivity contribution < 1.29 is 22.3 Å². The maximum Gasteiger partial charge on any atom is 0.573 e. The summed E-state index contributed by atoms with van der Waals surface area (Å²) in [5.41, 5.74) is 2.26. The molecule has 2 nitrogen and oxygen atoms in total. The number of halogens is 4. The summed E-state index contributed by atoms with van der Waals surface area (Å²) in [4.78, 5) is 0. The highest BCUT2D eigenvalue weighted by Crippen LogP contribution is 2.36. The van der Waals surface area contributed by atoms with Crippen LogP contribution in [0.2, 0.25) is 0 Å². The zero-order valence-corrected chi connectivity index (χ0v) is 10.7. The van der Waals surface area contributed by atoms with Crippen LogP contribution in [-0.2, 0) is 6.42 Å². The highest BCUT2D eigenvalue weighted by molar-refractivity contribution is 5.58. The van der Waals surface area contributed by atoms with E-state index in [1.54, 1.807) is 12.1 Å². The molecule has 0 radical (unpaired) electrons. The maximum absolute atomic E-state index is 13.2. The number of nitrogens with one attached hydrogen (secondary N) is 1. The Labute approximate surface area is 118 Å². The molecule has 0 bridgehead atoms. The summed E-state index contributed by atoms with van der Waals surface area (Å²) in [6.45, 7) is 0. The average molecular weight is 297 g/mol. The second-order valence-corrected chi connectivity index (χ2v) is 4.82. The number of hydrogen-bond donors (Lipinski definition) is 1. The third-order valence-electron chi connectivity index (χ3n) is 3.32. The van der Waals surface area contributed by atoms with Gasteiger partial charge in [-0.1, -0.05) is 18.2 Å². The van der Waals surface area contributed by atoms with Gasteiger partial charge in [0.25, 0.3) is 0 Å². The minimum atomic E-state index is -4.71. The lowest BCUT2D eigenvalue weighted by molar-refractivity contribution is -0.274. The quantitative estimate of drug-likeness (QED) is 0.828. The Balaban J connectivity index is 1.82. The molecule has 1 heterocycles. The Morgan fingerprint density at radius 2 is 1.90 bits per heavy atom. The number of hydrogen-bond acceptors (Lipinski definition) is 2. The van der Waals surface area contributed by atoms with Gasteiger partial charge in [0.05, 0.1) is 6.04 Å². The van der Waals surface area contributed by atoms with Crippen molar-refractivity contribution in [3.63, 3.8) is 0 Å². The predicted molar refractivity (Wildman–Crippen MR) is 69.6 cm³/mol. The molecule has 0 saturated heterocycles. The average Bonchev–Trinajstić information content (AvgIpc) is 2.80. The smallest absolute Gasteiger partial charge is 0.406 e. The summed E-state index contributed by atoms with van der Waals surface area (Å²) in [7, 11) is 0. The van der Waals surface area contributed by atoms with Crippen molar-refractivity contribution >= 4 is 5.69 Å². The van der Waals surface area contributed by atoms with Crippen molar-refractivity contribution in [1.29, 1.82) is 0 Å². The molecule has 0 aliphatic carbocycles. The summed E-state index contributed by atoms with van der Waals surface area (Å²) < 4.78 is 53.8. The normalized spacial score (nSPS) is 17.2. The molecular formula is C15H11F4NO. The van der Waals surface area contributed by atoms with E-state index in [0.717, 1.165) is 5.56 Å². The molecule has 1 atom stereocenters. The fourth-order valence-electron chi connectivity index (χ4n) is 2.45. The molecule has 0 spiro atoms. The van der Waals surface area contributed by atoms with E-state index in [9.17, 15) is 17.6 Å². The van der Waals surface area contributed by atoms with Crippen molar-refractivity contribution in [1.82, 2.24) is 0 Å². The van der Waals surface area contributed by atoms with Crippen LogP contribution in [0.25, 0.3) is 0 Å². The SMILES string of the molecule is Fc1ccc2c(c1)NC(c1cccc(OC(F)(F)F)c1)C2. The third-order valence-corrected chi connectivity index (χ3v) is 3.32. The summed E-state index contributed by atoms with van der Waals surface area (Å²) in [6, 6.07) is 10.0. The summed E-state index contributed by atoms with van der Waals surface area (Å²) in [5.74, 6) is -0.611. The molecule has 0 amide bonds. The van der Waals surface area contributed by atoms with Crippen LogP contribution in [0.3, 0.4) is 0 Å². The van der Waals surface area contributed by atoms with Gasteiger partial charge in [-0.05, 0) is 41.8 Å². The van der Waals surface area contributed by atoms with Crippen molar-refractivity contribution in [3.8, 4) is 5.75 Å². The molecule has 1 unspecified atom stereocenters. The number of ether oxygens (including phenoxy) is 1. The topological polar surface area (TPSA) is 21.3 Å². The number of fused-ring (bicyclic) bond motifs is 1. The summed E-state index contributed by atoms with van der Waals surface area (Å²) >= 11 is 0. The summed E-state index contributed by atoms with van der Waals surface area (Å²) in [6.07, 6.45) is -4.13. The van der Waals surface area contributed by atoms with Crippen LogP contribution in [0.4, 0.5) is 23.2 Å². The Hall–Kier alpha value is -2.24. The third kappa shape index (κ3) is 3.09. The van der Waals surface area contributed by atoms with Gasteiger partial charge in [0.2, 0.25) is 0 Å². The molecule has 2 aromatic carbocycles. The van der Waals surface area contributed by atoms with Crippen LogP contribution < -0.4 is 10.1 Å². The van der Waals surface area contributed by atoms with Gasteiger partial charge in [0, 0.05) is 5.69 Å². The van der Waals surface area contributed by atoms with Crippen molar-refractivity contribution in [2.45, 2.75) is 18.8 Å². The van der Waals surface area contributed by atoms with Gasteiger partial charge in [-0.25, -0.2) is 4.39 Å². The standard InChI is InChI=1S/C15H11F4NO/c16-11-5-4-10-7-13(20-14(10)8-11)9-2-1-3-12(6-9)21-15(17,18)19/h1-6,8,13,20H,7H2. The van der Waals surface area contributed by atoms with Crippen LogP contribution in [0.5, 0.6) is 5.75 Å². The van der Waals surface area contributed by atoms with Gasteiger partial charge in [0.1, 0.15) is 11.6 Å². The first-order chi connectivity index (χ1) is 9.90. The first-order valence-corrected chi connectivity index (χ1v) is 6.31. The lowest BCUT2D eigenvalue weighted by atomic mass is 10.0. The number of alkyl halides is 3. The van der Waals surface area contributed by atoms with E-state index >= 15 is 0 Å². The van der Waals surface area contributed by atoms with E-state index in [1.807, 2.05) is 0 Å². The van der Waals surface area contributed by atoms with E-state index in [4.69, 9.17) is 0 Å². The molecule has 0 saturated carbocycles. The molecule has 0 aromatic heterocycles. The van der Waals surface area contributed by atoms with Crippen LogP contribution in [0, 0.1) is 5.82 Å². The molecule has 110 valence electrons. The van der Waals surface area contributed by atoms with Gasteiger partial charge in [-0.15, -0.1) is 13.2 Å². The van der Waals surface area contributed by atoms with E-state index in [2.05, 4.69) is 10.1 Å². The van der Waals surface area contributed by atoms with Gasteiger partial charge in [0.15, 0.2) is 0 Å². The lowest BCUT2D eigenvalue weighted by Gasteiger charge is -2.14. The van der Waals surface area contributed by atoms with Crippen LogP contribution >= 0.6 is 0 Å². The van der Waals surface area contributed by atoms with Gasteiger partial charge >= 0.3 is 6.36 Å². The lowest BCUT2D eigenvalue weighted by Crippen LogP contribution is -2.17. The Morgan fingerprint density at radius 3 is 2.67 bits per heavy atom. The number of benzene rings is 2. The fraction of sp³-hybridized carbons (Fsp3) is 0.200. The maximum atomic E-state index is 13.2. The van der Waals surface area contributed by atoms with Crippen LogP contribution in [0.15, 0.2) is 42.5 Å². The highest BCUT2D eigenvalue weighted by Gasteiger charge is 2.31. The van der Waals surface area contributed by atoms with E-state index < -0.39 is 6.36 Å². The number of anilines is 1. The Morgan fingerprint density at radius 1 is 1.10 bits per heavy atom. The first-order valence-electron chi connectivity index (χ1n) is 6.31. The van der Waals surface area contributed by atoms with Crippen LogP contribution in [-0.4, -0.2) is 6.36 Å². The second-order valence-electron chi connectivity index (χ2n) is 4.82. The van der Waals surface area contributed by atoms with Crippen LogP contribution in [0.1, 0.15) is 17.2 Å². The minimum absolute atomic E-state index is 0.196. The molecular weight excluding hydrogens is 286 g/mol. The molecule has 21 heavy (non-hydrogen) atoms. The van der Waals surface area contributed by atoms with E-state index in [0.29, 0.717) is 17.7 Å². The second kappa shape index (κ2) is 4.95. The Bertz CT molecular complexity index is 669. The molecule has 3 rings (SSSR count). The van der Waals surface area contributed by atoms with Crippen molar-refractivity contribution in [2.75, 3.05) is 5.32 Å². The summed E-state index contributed by atoms with van der Waals surface area (Å²) in [5, 5.41) is 3.10. The predicted octanol–water partition coefficient (Wildman–Crippen LogP) is 4.43. The van der Waals surface area contributed by atoms with Crippen molar-refractivity contribution in [2.24, 2.45) is 0 Å². The minimum Gasteiger partial charge on any atom is -0.406 e. The van der Waals surface area contributed by atoms with E-state index in [-0.39, 0.29) is 17.6 Å². The highest BCUT2D eigenvalue weighted by atomic mass is 19.4. The van der Waals surface area contributed by atoms with Gasteiger partial charge in [-0.2, -0.15) is 0 Å². The molecule has 2 aromatic rings. The molecule has 6 heteroatoms. The Kier molecular flexibility index (Phi) is 3.23. The number of rotatable bonds is 2. The monoisotopic (exact) mass is 297 g/mol. The molecule has 1 N–H and O–H groups in total. The van der Waals surface area contributed by atoms with Gasteiger partial charge < -0.3 is 10.1 Å². The van der Waals surface area contributed by atoms with E-state index in [1.165, 1.54) is 30.3 Å². The van der Waals surface area contributed by atoms with Crippen molar-refractivity contribution in [3.05, 3.63) is 59.4 Å². The zero-order chi connectivity index (χ0) is 15.0. The fourth-order valence-corrected chi connectivity index (χ4v) is 2.45. The molecule has 0 fully saturated rings. The largest absolute Gasteiger partial charge is 0.573 e.